The van der Waals surface area contributed by atoms with Crippen LogP contribution in [0.5, 0.6) is 0 Å². The van der Waals surface area contributed by atoms with Crippen molar-refractivity contribution in [2.24, 2.45) is 0 Å². The van der Waals surface area contributed by atoms with E-state index < -0.39 is 28.8 Å². The van der Waals surface area contributed by atoms with E-state index in [1.165, 1.54) is 12.3 Å². The summed E-state index contributed by atoms with van der Waals surface area (Å²) in [4.78, 5) is 12.3. The molecule has 0 aliphatic rings. The van der Waals surface area contributed by atoms with Crippen molar-refractivity contribution in [2.75, 3.05) is 5.32 Å². The second kappa shape index (κ2) is 7.39. The number of benzene rings is 1. The molecule has 2 aromatic rings. The van der Waals surface area contributed by atoms with E-state index in [2.05, 4.69) is 26.3 Å². The Balaban J connectivity index is 2.22. The molecule has 0 bridgehead atoms. The summed E-state index contributed by atoms with van der Waals surface area (Å²) >= 11 is 3.05. The van der Waals surface area contributed by atoms with Gasteiger partial charge in [-0.2, -0.15) is 28.8 Å². The Morgan fingerprint density at radius 1 is 1.33 bits per heavy atom. The van der Waals surface area contributed by atoms with Crippen molar-refractivity contribution in [2.45, 2.75) is 25.2 Å². The number of nitriles is 2. The van der Waals surface area contributed by atoms with Gasteiger partial charge in [-0.3, -0.25) is 9.48 Å². The summed E-state index contributed by atoms with van der Waals surface area (Å²) in [6.07, 6.45) is -3.47. The van der Waals surface area contributed by atoms with E-state index in [1.807, 2.05) is 6.07 Å². The van der Waals surface area contributed by atoms with E-state index in [9.17, 15) is 23.1 Å². The molecule has 1 atom stereocenters. The van der Waals surface area contributed by atoms with Crippen LogP contribution in [0.15, 0.2) is 29.0 Å². The van der Waals surface area contributed by atoms with Gasteiger partial charge in [0.1, 0.15) is 16.2 Å². The Morgan fingerprint density at radius 3 is 2.48 bits per heavy atom. The summed E-state index contributed by atoms with van der Waals surface area (Å²) in [6.45, 7) is 0.805. The Hall–Kier alpha value is -2.89. The molecule has 1 unspecified atom stereocenters. The summed E-state index contributed by atoms with van der Waals surface area (Å²) in [5, 5.41) is 34.1. The number of halogens is 4. The van der Waals surface area contributed by atoms with Gasteiger partial charge in [-0.25, -0.2) is 0 Å². The fraction of sp³-hybridized carbons (Fsp3) is 0.250. The maximum Gasteiger partial charge on any atom is 0.417 e. The molecule has 2 rings (SSSR count). The van der Waals surface area contributed by atoms with Crippen molar-refractivity contribution >= 4 is 27.5 Å². The molecular formula is C16H11BrF3N5O2. The van der Waals surface area contributed by atoms with Crippen molar-refractivity contribution in [1.29, 1.82) is 10.5 Å². The fourth-order valence-corrected chi connectivity index (χ4v) is 2.56. The molecule has 7 nitrogen and oxygen atoms in total. The molecule has 0 saturated carbocycles. The van der Waals surface area contributed by atoms with Crippen LogP contribution in [0.4, 0.5) is 18.9 Å². The molecule has 1 aromatic carbocycles. The van der Waals surface area contributed by atoms with Crippen LogP contribution in [0, 0.1) is 22.7 Å². The van der Waals surface area contributed by atoms with Gasteiger partial charge >= 0.3 is 6.18 Å². The highest BCUT2D eigenvalue weighted by atomic mass is 79.9. The number of hydrogen-bond donors (Lipinski definition) is 2. The number of amides is 1. The van der Waals surface area contributed by atoms with E-state index in [0.717, 1.165) is 23.7 Å². The molecule has 1 aromatic heterocycles. The second-order valence-electron chi connectivity index (χ2n) is 5.74. The molecule has 2 N–H and O–H groups in total. The molecule has 0 spiro atoms. The largest absolute Gasteiger partial charge is 0.417 e. The number of nitrogens with zero attached hydrogens (tertiary/aromatic N) is 4. The minimum atomic E-state index is -4.77. The number of carbonyl (C=O) groups is 1. The Kier molecular flexibility index (Phi) is 5.59. The molecule has 1 heterocycles. The summed E-state index contributed by atoms with van der Waals surface area (Å²) in [5.74, 6) is -0.981. The Bertz CT molecular complexity index is 970. The topological polar surface area (TPSA) is 115 Å². The summed E-state index contributed by atoms with van der Waals surface area (Å²) in [7, 11) is 0. The first kappa shape index (κ1) is 20.4. The van der Waals surface area contributed by atoms with E-state index in [4.69, 9.17) is 10.5 Å². The maximum atomic E-state index is 13.0. The third kappa shape index (κ3) is 4.64. The molecule has 0 saturated heterocycles. The maximum absolute atomic E-state index is 13.0. The average Bonchev–Trinajstić information content (AvgIpc) is 2.92. The lowest BCUT2D eigenvalue weighted by atomic mass is 10.0. The third-order valence-electron chi connectivity index (χ3n) is 3.50. The standard InChI is InChI=1S/C16H11BrF3N5O2/c1-15(27,8-25-7-10(6-22)13(17)24-25)14(26)23-11-3-2-9(5-21)12(4-11)16(18,19)20/h2-4,7,27H,8H2,1H3,(H,23,26). The number of anilines is 1. The SMILES string of the molecule is CC(O)(Cn1cc(C#N)c(Br)n1)C(=O)Nc1ccc(C#N)c(C(F)(F)F)c1. The zero-order valence-corrected chi connectivity index (χ0v) is 15.3. The minimum Gasteiger partial charge on any atom is -0.378 e. The molecule has 1 amide bonds. The van der Waals surface area contributed by atoms with Crippen LogP contribution in [-0.4, -0.2) is 26.4 Å². The van der Waals surface area contributed by atoms with Crippen molar-refractivity contribution in [3.8, 4) is 12.1 Å². The number of aromatic nitrogens is 2. The van der Waals surface area contributed by atoms with Crippen molar-refractivity contribution in [1.82, 2.24) is 9.78 Å². The van der Waals surface area contributed by atoms with E-state index >= 15 is 0 Å². The Labute approximate surface area is 159 Å². The smallest absolute Gasteiger partial charge is 0.378 e. The highest BCUT2D eigenvalue weighted by Gasteiger charge is 2.35. The van der Waals surface area contributed by atoms with Crippen LogP contribution in [0.25, 0.3) is 0 Å². The number of aliphatic hydroxyl groups is 1. The number of carbonyl (C=O) groups excluding carboxylic acids is 1. The second-order valence-corrected chi connectivity index (χ2v) is 6.49. The van der Waals surface area contributed by atoms with E-state index in [0.29, 0.717) is 6.07 Å². The molecule has 0 fully saturated rings. The molecule has 11 heteroatoms. The van der Waals surface area contributed by atoms with Gasteiger partial charge in [-0.1, -0.05) is 0 Å². The molecule has 0 aliphatic carbocycles. The van der Waals surface area contributed by atoms with Crippen molar-refractivity contribution in [3.63, 3.8) is 0 Å². The molecule has 27 heavy (non-hydrogen) atoms. The van der Waals surface area contributed by atoms with Crippen molar-refractivity contribution in [3.05, 3.63) is 45.7 Å². The van der Waals surface area contributed by atoms with Gasteiger partial charge in [0.2, 0.25) is 0 Å². The van der Waals surface area contributed by atoms with Gasteiger partial charge in [-0.15, -0.1) is 0 Å². The average molecular weight is 442 g/mol. The van der Waals surface area contributed by atoms with Crippen molar-refractivity contribution < 1.29 is 23.1 Å². The van der Waals surface area contributed by atoms with E-state index in [-0.39, 0.29) is 22.4 Å². The molecule has 0 aliphatic heterocycles. The van der Waals surface area contributed by atoms with Gasteiger partial charge in [0.25, 0.3) is 5.91 Å². The number of hydrogen-bond acceptors (Lipinski definition) is 5. The highest BCUT2D eigenvalue weighted by Crippen LogP contribution is 2.33. The zero-order valence-electron chi connectivity index (χ0n) is 13.7. The lowest BCUT2D eigenvalue weighted by Gasteiger charge is -2.22. The first-order valence-electron chi connectivity index (χ1n) is 7.26. The van der Waals surface area contributed by atoms with Gasteiger partial charge in [0.05, 0.1) is 23.7 Å². The third-order valence-corrected chi connectivity index (χ3v) is 4.09. The first-order chi connectivity index (χ1) is 12.5. The van der Waals surface area contributed by atoms with Crippen LogP contribution in [0.2, 0.25) is 0 Å². The number of rotatable bonds is 4. The molecule has 140 valence electrons. The van der Waals surface area contributed by atoms with E-state index in [1.54, 1.807) is 0 Å². The zero-order chi connectivity index (χ0) is 20.4. The summed E-state index contributed by atoms with van der Waals surface area (Å²) < 4.78 is 40.4. The van der Waals surface area contributed by atoms with Gasteiger partial charge in [0, 0.05) is 11.9 Å². The van der Waals surface area contributed by atoms with Crippen LogP contribution in [0.1, 0.15) is 23.6 Å². The van der Waals surface area contributed by atoms with Crippen LogP contribution in [-0.2, 0) is 17.5 Å². The summed E-state index contributed by atoms with van der Waals surface area (Å²) in [6, 6.07) is 5.96. The summed E-state index contributed by atoms with van der Waals surface area (Å²) in [5.41, 5.74) is -3.86. The van der Waals surface area contributed by atoms with Crippen LogP contribution >= 0.6 is 15.9 Å². The molecular weight excluding hydrogens is 431 g/mol. The lowest BCUT2D eigenvalue weighted by Crippen LogP contribution is -2.43. The van der Waals surface area contributed by atoms with Crippen LogP contribution < -0.4 is 5.32 Å². The molecule has 0 radical (unpaired) electrons. The highest BCUT2D eigenvalue weighted by molar-refractivity contribution is 9.10. The van der Waals surface area contributed by atoms with Gasteiger partial charge < -0.3 is 10.4 Å². The predicted molar refractivity (Wildman–Crippen MR) is 90.1 cm³/mol. The fourth-order valence-electron chi connectivity index (χ4n) is 2.16. The minimum absolute atomic E-state index is 0.188. The number of alkyl halides is 3. The normalized spacial score (nSPS) is 13.3. The monoisotopic (exact) mass is 441 g/mol. The number of nitrogens with one attached hydrogen (secondary N) is 1. The predicted octanol–water partition coefficient (Wildman–Crippen LogP) is 2.80. The first-order valence-corrected chi connectivity index (χ1v) is 8.05. The quantitative estimate of drug-likeness (QED) is 0.756. The van der Waals surface area contributed by atoms with Gasteiger partial charge in [0.15, 0.2) is 5.60 Å². The lowest BCUT2D eigenvalue weighted by molar-refractivity contribution is -0.138. The van der Waals surface area contributed by atoms with Gasteiger partial charge in [-0.05, 0) is 41.1 Å². The van der Waals surface area contributed by atoms with Crippen LogP contribution in [0.3, 0.4) is 0 Å². The Morgan fingerprint density at radius 2 is 1.96 bits per heavy atom.